The maximum atomic E-state index is 13.3. The van der Waals surface area contributed by atoms with Crippen LogP contribution in [0.5, 0.6) is 0 Å². The zero-order valence-corrected chi connectivity index (χ0v) is 21.8. The van der Waals surface area contributed by atoms with Crippen molar-refractivity contribution in [3.8, 4) is 11.3 Å². The highest BCUT2D eigenvalue weighted by Gasteiger charge is 2.35. The number of amides is 2. The van der Waals surface area contributed by atoms with E-state index in [0.29, 0.717) is 18.7 Å². The maximum absolute atomic E-state index is 13.3. The Bertz CT molecular complexity index is 1350. The molecule has 192 valence electrons. The van der Waals surface area contributed by atoms with Crippen LogP contribution >= 0.6 is 0 Å². The SMILES string of the molecule is CC(c1ccc(C(=O)NC2CCCOC2)cc1)N1Cc2cc(-c3n[nH]c4c3CC(C)(C)C4)ccc2C1=O. The molecule has 0 radical (unpaired) electrons. The molecule has 1 saturated heterocycles. The molecular formula is C30H34N4O3. The predicted molar refractivity (Wildman–Crippen MR) is 141 cm³/mol. The van der Waals surface area contributed by atoms with Crippen LogP contribution in [0.3, 0.4) is 0 Å². The van der Waals surface area contributed by atoms with Crippen LogP contribution in [0.1, 0.15) is 82.8 Å². The van der Waals surface area contributed by atoms with Crippen molar-refractivity contribution in [2.75, 3.05) is 13.2 Å². The molecule has 2 atom stereocenters. The molecule has 3 aliphatic rings. The van der Waals surface area contributed by atoms with Gasteiger partial charge in [-0.2, -0.15) is 5.10 Å². The Balaban J connectivity index is 1.16. The van der Waals surface area contributed by atoms with Crippen molar-refractivity contribution in [2.24, 2.45) is 5.41 Å². The van der Waals surface area contributed by atoms with Crippen molar-refractivity contribution in [2.45, 2.75) is 65.1 Å². The molecule has 7 heteroatoms. The van der Waals surface area contributed by atoms with Crippen molar-refractivity contribution < 1.29 is 14.3 Å². The first-order valence-electron chi connectivity index (χ1n) is 13.3. The quantitative estimate of drug-likeness (QED) is 0.528. The van der Waals surface area contributed by atoms with Gasteiger partial charge in [-0.05, 0) is 73.4 Å². The highest BCUT2D eigenvalue weighted by Crippen LogP contribution is 2.41. The van der Waals surface area contributed by atoms with Crippen LogP contribution in [-0.4, -0.2) is 46.2 Å². The molecule has 7 nitrogen and oxygen atoms in total. The number of hydrogen-bond acceptors (Lipinski definition) is 4. The summed E-state index contributed by atoms with van der Waals surface area (Å²) in [5.74, 6) is -0.0401. The van der Waals surface area contributed by atoms with E-state index in [1.54, 1.807) is 0 Å². The molecule has 0 spiro atoms. The van der Waals surface area contributed by atoms with Gasteiger partial charge < -0.3 is 15.0 Å². The molecule has 2 unspecified atom stereocenters. The highest BCUT2D eigenvalue weighted by atomic mass is 16.5. The van der Waals surface area contributed by atoms with Crippen molar-refractivity contribution in [1.82, 2.24) is 20.4 Å². The Labute approximate surface area is 217 Å². The summed E-state index contributed by atoms with van der Waals surface area (Å²) in [7, 11) is 0. The summed E-state index contributed by atoms with van der Waals surface area (Å²) in [5.41, 5.74) is 8.28. The van der Waals surface area contributed by atoms with Gasteiger partial charge in [0.05, 0.1) is 24.4 Å². The third-order valence-electron chi connectivity index (χ3n) is 8.09. The Hall–Kier alpha value is -3.45. The van der Waals surface area contributed by atoms with Crippen LogP contribution < -0.4 is 5.32 Å². The number of aromatic nitrogens is 2. The fourth-order valence-electron chi connectivity index (χ4n) is 6.02. The highest BCUT2D eigenvalue weighted by molar-refractivity contribution is 5.99. The molecule has 6 rings (SSSR count). The molecule has 1 aliphatic carbocycles. The summed E-state index contributed by atoms with van der Waals surface area (Å²) in [6.45, 7) is 8.52. The first kappa shape index (κ1) is 23.9. The standard InChI is InChI=1S/C30H34N4O3/c1-18(19-6-8-20(9-7-19)28(35)31-23-5-4-12-37-17-23)34-16-22-13-21(10-11-24(22)29(34)36)27-25-14-30(2,3)15-26(25)32-33-27/h6-11,13,18,23H,4-5,12,14-17H2,1-3H3,(H,31,35)(H,32,33). The minimum Gasteiger partial charge on any atom is -0.379 e. The smallest absolute Gasteiger partial charge is 0.255 e. The fraction of sp³-hybridized carbons (Fsp3) is 0.433. The predicted octanol–water partition coefficient (Wildman–Crippen LogP) is 4.83. The number of ether oxygens (including phenoxy) is 1. The van der Waals surface area contributed by atoms with E-state index in [-0.39, 0.29) is 29.3 Å². The van der Waals surface area contributed by atoms with Crippen LogP contribution in [0.2, 0.25) is 0 Å². The number of nitrogens with zero attached hydrogens (tertiary/aromatic N) is 2. The normalized spacial score (nSPS) is 21.0. The van der Waals surface area contributed by atoms with Crippen molar-refractivity contribution in [3.05, 3.63) is 76.0 Å². The minimum atomic E-state index is -0.109. The number of fused-ring (bicyclic) bond motifs is 2. The monoisotopic (exact) mass is 498 g/mol. The largest absolute Gasteiger partial charge is 0.379 e. The summed E-state index contributed by atoms with van der Waals surface area (Å²) < 4.78 is 5.46. The van der Waals surface area contributed by atoms with Crippen molar-refractivity contribution >= 4 is 11.8 Å². The Kier molecular flexibility index (Phi) is 5.91. The third kappa shape index (κ3) is 4.46. The molecule has 3 aromatic rings. The molecule has 0 saturated carbocycles. The number of carbonyl (C=O) groups excluding carboxylic acids is 2. The van der Waals surface area contributed by atoms with Gasteiger partial charge >= 0.3 is 0 Å². The molecule has 1 fully saturated rings. The van der Waals surface area contributed by atoms with Crippen molar-refractivity contribution in [3.63, 3.8) is 0 Å². The number of rotatable bonds is 5. The minimum absolute atomic E-state index is 0.0431. The second-order valence-electron chi connectivity index (χ2n) is 11.5. The summed E-state index contributed by atoms with van der Waals surface area (Å²) in [6.07, 6.45) is 3.94. The maximum Gasteiger partial charge on any atom is 0.255 e. The van der Waals surface area contributed by atoms with Crippen LogP contribution in [0.4, 0.5) is 0 Å². The van der Waals surface area contributed by atoms with Crippen LogP contribution in [-0.2, 0) is 24.1 Å². The summed E-state index contributed by atoms with van der Waals surface area (Å²) in [4.78, 5) is 27.9. The molecule has 2 aliphatic heterocycles. The van der Waals surface area contributed by atoms with Crippen LogP contribution in [0, 0.1) is 5.41 Å². The Morgan fingerprint density at radius 3 is 2.76 bits per heavy atom. The first-order chi connectivity index (χ1) is 17.8. The first-order valence-corrected chi connectivity index (χ1v) is 13.3. The summed E-state index contributed by atoms with van der Waals surface area (Å²) in [5, 5.41) is 10.9. The number of hydrogen-bond donors (Lipinski definition) is 2. The van der Waals surface area contributed by atoms with E-state index in [2.05, 4.69) is 35.4 Å². The lowest BCUT2D eigenvalue weighted by Crippen LogP contribution is -2.40. The van der Waals surface area contributed by atoms with Gasteiger partial charge in [0.25, 0.3) is 11.8 Å². The molecular weight excluding hydrogens is 464 g/mol. The van der Waals surface area contributed by atoms with Gasteiger partial charge in [-0.3, -0.25) is 14.7 Å². The van der Waals surface area contributed by atoms with E-state index in [0.717, 1.165) is 60.2 Å². The molecule has 2 amide bonds. The molecule has 0 bridgehead atoms. The molecule has 2 N–H and O–H groups in total. The lowest BCUT2D eigenvalue weighted by molar-refractivity contribution is 0.0624. The average Bonchev–Trinajstić information content (AvgIpc) is 3.53. The zero-order valence-electron chi connectivity index (χ0n) is 21.8. The number of H-pyrrole nitrogens is 1. The van der Waals surface area contributed by atoms with E-state index in [4.69, 9.17) is 4.74 Å². The van der Waals surface area contributed by atoms with Gasteiger partial charge in [-0.25, -0.2) is 0 Å². The van der Waals surface area contributed by atoms with Crippen LogP contribution in [0.15, 0.2) is 42.5 Å². The molecule has 2 aromatic carbocycles. The number of carbonyl (C=O) groups is 2. The number of nitrogens with one attached hydrogen (secondary N) is 2. The number of aromatic amines is 1. The van der Waals surface area contributed by atoms with Gasteiger partial charge in [0.1, 0.15) is 0 Å². The van der Waals surface area contributed by atoms with Crippen molar-refractivity contribution in [1.29, 1.82) is 0 Å². The van der Waals surface area contributed by atoms with Gasteiger partial charge in [0.2, 0.25) is 0 Å². The lowest BCUT2D eigenvalue weighted by atomic mass is 9.90. The van der Waals surface area contributed by atoms with E-state index in [9.17, 15) is 9.59 Å². The topological polar surface area (TPSA) is 87.3 Å². The molecule has 1 aromatic heterocycles. The second kappa shape index (κ2) is 9.14. The van der Waals surface area contributed by atoms with Crippen LogP contribution in [0.25, 0.3) is 11.3 Å². The third-order valence-corrected chi connectivity index (χ3v) is 8.09. The lowest BCUT2D eigenvalue weighted by Gasteiger charge is -2.25. The molecule has 37 heavy (non-hydrogen) atoms. The molecule has 3 heterocycles. The zero-order chi connectivity index (χ0) is 25.7. The van der Waals surface area contributed by atoms with E-state index < -0.39 is 0 Å². The Morgan fingerprint density at radius 2 is 2.00 bits per heavy atom. The fourth-order valence-corrected chi connectivity index (χ4v) is 6.02. The summed E-state index contributed by atoms with van der Waals surface area (Å²) in [6, 6.07) is 13.7. The number of benzene rings is 2. The van der Waals surface area contributed by atoms with Gasteiger partial charge in [0.15, 0.2) is 0 Å². The average molecular weight is 499 g/mol. The van der Waals surface area contributed by atoms with Gasteiger partial charge in [-0.1, -0.05) is 32.0 Å². The summed E-state index contributed by atoms with van der Waals surface area (Å²) >= 11 is 0. The Morgan fingerprint density at radius 1 is 1.19 bits per heavy atom. The second-order valence-corrected chi connectivity index (χ2v) is 11.5. The van der Waals surface area contributed by atoms with Gasteiger partial charge in [0, 0.05) is 41.1 Å². The van der Waals surface area contributed by atoms with Gasteiger partial charge in [-0.15, -0.1) is 0 Å². The van der Waals surface area contributed by atoms with E-state index in [1.807, 2.05) is 48.2 Å². The van der Waals surface area contributed by atoms with E-state index >= 15 is 0 Å². The van der Waals surface area contributed by atoms with E-state index in [1.165, 1.54) is 11.3 Å².